The summed E-state index contributed by atoms with van der Waals surface area (Å²) in [7, 11) is 0. The Morgan fingerprint density at radius 3 is 1.97 bits per heavy atom. The van der Waals surface area contributed by atoms with Gasteiger partial charge in [0.05, 0.1) is 17.4 Å². The van der Waals surface area contributed by atoms with Gasteiger partial charge in [-0.2, -0.15) is 31.4 Å². The zero-order chi connectivity index (χ0) is 28.8. The SMILES string of the molecule is O=C(O)C(F)(F)F.O=C(O)C(F)(F)F.c1cncc(-c2ccn3ncc(N4CCN(CC5CC5)CC4)c3c2)c1. The predicted molar refractivity (Wildman–Crippen MR) is 127 cm³/mol. The number of carboxylic acids is 2. The van der Waals surface area contributed by atoms with Gasteiger partial charge in [0.25, 0.3) is 0 Å². The van der Waals surface area contributed by atoms with Crippen LogP contribution in [0.4, 0.5) is 32.0 Å². The van der Waals surface area contributed by atoms with E-state index in [9.17, 15) is 26.3 Å². The molecule has 15 heteroatoms. The maximum atomic E-state index is 10.6. The molecular weight excluding hydrogens is 536 g/mol. The van der Waals surface area contributed by atoms with Crippen molar-refractivity contribution in [3.8, 4) is 11.1 Å². The van der Waals surface area contributed by atoms with Crippen molar-refractivity contribution in [1.82, 2.24) is 19.5 Å². The molecule has 2 aliphatic rings. The number of halogens is 6. The minimum absolute atomic E-state index is 0.977. The van der Waals surface area contributed by atoms with Gasteiger partial charge in [-0.15, -0.1) is 0 Å². The minimum Gasteiger partial charge on any atom is -0.475 e. The molecule has 4 heterocycles. The second-order valence-electron chi connectivity index (χ2n) is 8.85. The second-order valence-corrected chi connectivity index (χ2v) is 8.85. The van der Waals surface area contributed by atoms with Crippen molar-refractivity contribution < 1.29 is 46.1 Å². The number of pyridine rings is 2. The molecule has 0 unspecified atom stereocenters. The maximum absolute atomic E-state index is 10.6. The molecule has 3 aromatic heterocycles. The third kappa shape index (κ3) is 8.84. The van der Waals surface area contributed by atoms with Crippen LogP contribution in [0.25, 0.3) is 16.6 Å². The van der Waals surface area contributed by atoms with Gasteiger partial charge in [0.2, 0.25) is 0 Å². The van der Waals surface area contributed by atoms with Gasteiger partial charge in [-0.25, -0.2) is 14.1 Å². The summed E-state index contributed by atoms with van der Waals surface area (Å²) in [5.41, 5.74) is 4.76. The first kappa shape index (κ1) is 29.7. The number of carboxylic acid groups (broad SMARTS) is 2. The summed E-state index contributed by atoms with van der Waals surface area (Å²) in [6.45, 7) is 5.80. The van der Waals surface area contributed by atoms with Crippen LogP contribution in [0.15, 0.2) is 49.1 Å². The van der Waals surface area contributed by atoms with Gasteiger partial charge in [-0.3, -0.25) is 9.88 Å². The molecule has 1 saturated carbocycles. The van der Waals surface area contributed by atoms with Crippen LogP contribution < -0.4 is 4.90 Å². The number of hydrogen-bond acceptors (Lipinski definition) is 6. The average molecular weight is 561 g/mol. The summed E-state index contributed by atoms with van der Waals surface area (Å²) in [6, 6.07) is 8.42. The van der Waals surface area contributed by atoms with Crippen molar-refractivity contribution in [2.75, 3.05) is 37.6 Å². The molecule has 0 radical (unpaired) electrons. The number of fused-ring (bicyclic) bond motifs is 1. The molecule has 0 spiro atoms. The molecule has 212 valence electrons. The van der Waals surface area contributed by atoms with Gasteiger partial charge < -0.3 is 15.1 Å². The fraction of sp³-hybridized carbons (Fsp3) is 0.417. The zero-order valence-electron chi connectivity index (χ0n) is 20.4. The Hall–Kier alpha value is -3.88. The topological polar surface area (TPSA) is 111 Å². The van der Waals surface area contributed by atoms with E-state index in [2.05, 4.69) is 38.1 Å². The second kappa shape index (κ2) is 12.3. The first-order valence-electron chi connectivity index (χ1n) is 11.7. The molecule has 5 rings (SSSR count). The van der Waals surface area contributed by atoms with E-state index in [0.717, 1.165) is 37.7 Å². The first-order valence-corrected chi connectivity index (χ1v) is 11.7. The lowest BCUT2D eigenvalue weighted by Gasteiger charge is -2.35. The highest BCUT2D eigenvalue weighted by Crippen LogP contribution is 2.31. The maximum Gasteiger partial charge on any atom is 0.490 e. The van der Waals surface area contributed by atoms with Crippen LogP contribution >= 0.6 is 0 Å². The van der Waals surface area contributed by atoms with Gasteiger partial charge in [-0.05, 0) is 42.5 Å². The lowest BCUT2D eigenvalue weighted by molar-refractivity contribution is -0.193. The van der Waals surface area contributed by atoms with Crippen molar-refractivity contribution in [2.45, 2.75) is 25.2 Å². The Morgan fingerprint density at radius 2 is 1.49 bits per heavy atom. The van der Waals surface area contributed by atoms with Gasteiger partial charge in [-0.1, -0.05) is 6.07 Å². The molecule has 1 aliphatic heterocycles. The smallest absolute Gasteiger partial charge is 0.475 e. The average Bonchev–Trinajstić information content (AvgIpc) is 3.60. The molecule has 1 aliphatic carbocycles. The number of hydrogen-bond donors (Lipinski definition) is 2. The van der Waals surface area contributed by atoms with E-state index in [1.165, 1.54) is 36.2 Å². The molecule has 0 aromatic carbocycles. The molecule has 3 aromatic rings. The fourth-order valence-electron chi connectivity index (χ4n) is 3.76. The first-order chi connectivity index (χ1) is 18.3. The molecule has 0 bridgehead atoms. The van der Waals surface area contributed by atoms with Gasteiger partial charge in [0.15, 0.2) is 0 Å². The number of alkyl halides is 6. The van der Waals surface area contributed by atoms with Crippen molar-refractivity contribution in [2.24, 2.45) is 5.92 Å². The molecule has 2 N–H and O–H groups in total. The lowest BCUT2D eigenvalue weighted by atomic mass is 10.1. The summed E-state index contributed by atoms with van der Waals surface area (Å²) in [4.78, 5) is 27.1. The molecule has 0 atom stereocenters. The highest BCUT2D eigenvalue weighted by molar-refractivity contribution is 5.78. The number of aliphatic carboxylic acids is 2. The van der Waals surface area contributed by atoms with E-state index >= 15 is 0 Å². The zero-order valence-corrected chi connectivity index (χ0v) is 20.4. The highest BCUT2D eigenvalue weighted by Gasteiger charge is 2.38. The third-order valence-electron chi connectivity index (χ3n) is 5.91. The quantitative estimate of drug-likeness (QED) is 0.457. The van der Waals surface area contributed by atoms with Crippen LogP contribution in [0.2, 0.25) is 0 Å². The molecular formula is C24H25F6N5O4. The number of carbonyl (C=O) groups is 2. The number of piperazine rings is 1. The van der Waals surface area contributed by atoms with Crippen molar-refractivity contribution in [3.63, 3.8) is 0 Å². The third-order valence-corrected chi connectivity index (χ3v) is 5.91. The summed E-state index contributed by atoms with van der Waals surface area (Å²) in [5, 5.41) is 18.8. The van der Waals surface area contributed by atoms with Crippen LogP contribution in [0.3, 0.4) is 0 Å². The van der Waals surface area contributed by atoms with Crippen LogP contribution in [0, 0.1) is 5.92 Å². The minimum atomic E-state index is -5.08. The number of aromatic nitrogens is 3. The Kier molecular flexibility index (Phi) is 9.37. The van der Waals surface area contributed by atoms with Crippen LogP contribution in [-0.2, 0) is 9.59 Å². The van der Waals surface area contributed by atoms with Crippen LogP contribution in [0.5, 0.6) is 0 Å². The normalized spacial score (nSPS) is 16.1. The van der Waals surface area contributed by atoms with Gasteiger partial charge >= 0.3 is 24.3 Å². The number of nitrogens with zero attached hydrogens (tertiary/aromatic N) is 5. The van der Waals surface area contributed by atoms with Gasteiger partial charge in [0, 0.05) is 56.9 Å². The summed E-state index contributed by atoms with van der Waals surface area (Å²) < 4.78 is 65.5. The fourth-order valence-corrected chi connectivity index (χ4v) is 3.76. The van der Waals surface area contributed by atoms with E-state index in [4.69, 9.17) is 19.8 Å². The van der Waals surface area contributed by atoms with Crippen molar-refractivity contribution in [1.29, 1.82) is 0 Å². The number of anilines is 1. The Bertz CT molecular complexity index is 1230. The van der Waals surface area contributed by atoms with Gasteiger partial charge in [0.1, 0.15) is 0 Å². The summed E-state index contributed by atoms with van der Waals surface area (Å²) in [6.07, 6.45) is 0.492. The standard InChI is InChI=1S/C20H23N5.2C2HF3O2/c1-2-18(13-21-6-1)17-5-7-25-19(12-17)20(14-22-25)24-10-8-23(9-11-24)15-16-3-4-16;2*3-2(4,5)1(6)7/h1-2,5-7,12-14,16H,3-4,8-11,15H2;2*(H,6,7). The molecule has 9 nitrogen and oxygen atoms in total. The summed E-state index contributed by atoms with van der Waals surface area (Å²) >= 11 is 0. The van der Waals surface area contributed by atoms with Crippen LogP contribution in [-0.4, -0.2) is 86.7 Å². The number of rotatable bonds is 4. The molecule has 1 saturated heterocycles. The van der Waals surface area contributed by atoms with Crippen molar-refractivity contribution in [3.05, 3.63) is 49.1 Å². The summed E-state index contributed by atoms with van der Waals surface area (Å²) in [5.74, 6) is -4.54. The van der Waals surface area contributed by atoms with Crippen LogP contribution in [0.1, 0.15) is 12.8 Å². The molecule has 39 heavy (non-hydrogen) atoms. The lowest BCUT2D eigenvalue weighted by Crippen LogP contribution is -2.47. The van der Waals surface area contributed by atoms with Crippen molar-refractivity contribution >= 4 is 23.1 Å². The highest BCUT2D eigenvalue weighted by atomic mass is 19.4. The molecule has 0 amide bonds. The van der Waals surface area contributed by atoms with E-state index in [1.54, 1.807) is 0 Å². The predicted octanol–water partition coefficient (Wildman–Crippen LogP) is 4.19. The monoisotopic (exact) mass is 561 g/mol. The van der Waals surface area contributed by atoms with E-state index in [-0.39, 0.29) is 0 Å². The Balaban J connectivity index is 0.000000251. The largest absolute Gasteiger partial charge is 0.490 e. The van der Waals surface area contributed by atoms with E-state index in [1.807, 2.05) is 35.4 Å². The molecule has 2 fully saturated rings. The Morgan fingerprint density at radius 1 is 0.897 bits per heavy atom. The van der Waals surface area contributed by atoms with E-state index in [0.29, 0.717) is 0 Å². The van der Waals surface area contributed by atoms with E-state index < -0.39 is 24.3 Å². The Labute approximate surface area is 218 Å².